The van der Waals surface area contributed by atoms with Gasteiger partial charge in [-0.1, -0.05) is 13.8 Å². The summed E-state index contributed by atoms with van der Waals surface area (Å²) < 4.78 is 13.5. The van der Waals surface area contributed by atoms with E-state index in [-0.39, 0.29) is 11.7 Å². The second-order valence-electron chi connectivity index (χ2n) is 5.79. The molecule has 0 saturated carbocycles. The Hall–Kier alpha value is -1.42. The van der Waals surface area contributed by atoms with Crippen LogP contribution in [-0.2, 0) is 6.54 Å². The maximum absolute atomic E-state index is 13.5. The second kappa shape index (κ2) is 5.70. The molecule has 4 heteroatoms. The zero-order valence-corrected chi connectivity index (χ0v) is 11.6. The molecule has 19 heavy (non-hydrogen) atoms. The highest BCUT2D eigenvalue weighted by Gasteiger charge is 2.24. The molecule has 1 unspecified atom stereocenters. The van der Waals surface area contributed by atoms with E-state index in [1.54, 1.807) is 0 Å². The quantitative estimate of drug-likeness (QED) is 0.648. The highest BCUT2D eigenvalue weighted by atomic mass is 19.1. The van der Waals surface area contributed by atoms with Crippen molar-refractivity contribution in [3.63, 3.8) is 0 Å². The van der Waals surface area contributed by atoms with Crippen LogP contribution in [0.4, 0.5) is 4.39 Å². The largest absolute Gasteiger partial charge is 0.384 e. The molecule has 1 saturated heterocycles. The lowest BCUT2D eigenvalue weighted by Crippen LogP contribution is -2.22. The fourth-order valence-corrected chi connectivity index (χ4v) is 2.71. The molecule has 1 aliphatic heterocycles. The summed E-state index contributed by atoms with van der Waals surface area (Å²) in [7, 11) is 0. The third kappa shape index (κ3) is 3.53. The number of halogens is 1. The predicted octanol–water partition coefficient (Wildman–Crippen LogP) is 2.59. The Kier molecular flexibility index (Phi) is 4.20. The van der Waals surface area contributed by atoms with Gasteiger partial charge in [0.25, 0.3) is 0 Å². The molecule has 1 atom stereocenters. The summed E-state index contributed by atoms with van der Waals surface area (Å²) in [5.74, 6) is 1.04. The maximum atomic E-state index is 13.5. The number of rotatable bonds is 4. The van der Waals surface area contributed by atoms with Crippen LogP contribution >= 0.6 is 0 Å². The van der Waals surface area contributed by atoms with Gasteiger partial charge in [-0.2, -0.15) is 0 Å². The standard InChI is InChI=1S/C15H22FN3/c1-10(2)12-3-4-19(9-12)8-11-5-13(15(17)18)7-14(16)6-11/h5-7,10,12H,3-4,8-9H2,1-2H3,(H3,17,18). The molecule has 0 radical (unpaired) electrons. The molecule has 104 valence electrons. The third-order valence-electron chi connectivity index (χ3n) is 3.93. The van der Waals surface area contributed by atoms with Crippen LogP contribution in [0.1, 0.15) is 31.4 Å². The zero-order chi connectivity index (χ0) is 14.0. The van der Waals surface area contributed by atoms with E-state index in [1.807, 2.05) is 6.07 Å². The van der Waals surface area contributed by atoms with Gasteiger partial charge >= 0.3 is 0 Å². The molecule has 1 heterocycles. The molecular formula is C15H22FN3. The monoisotopic (exact) mass is 263 g/mol. The fraction of sp³-hybridized carbons (Fsp3) is 0.533. The van der Waals surface area contributed by atoms with E-state index in [9.17, 15) is 4.39 Å². The van der Waals surface area contributed by atoms with Crippen molar-refractivity contribution < 1.29 is 4.39 Å². The van der Waals surface area contributed by atoms with Crippen LogP contribution in [0.25, 0.3) is 0 Å². The minimum Gasteiger partial charge on any atom is -0.384 e. The molecule has 2 rings (SSSR count). The van der Waals surface area contributed by atoms with Crippen molar-refractivity contribution >= 4 is 5.84 Å². The van der Waals surface area contributed by atoms with Crippen LogP contribution < -0.4 is 5.73 Å². The van der Waals surface area contributed by atoms with E-state index >= 15 is 0 Å². The Labute approximate surface area is 114 Å². The minimum absolute atomic E-state index is 0.0813. The van der Waals surface area contributed by atoms with Gasteiger partial charge in [0.15, 0.2) is 0 Å². The van der Waals surface area contributed by atoms with E-state index in [0.717, 1.165) is 31.1 Å². The molecule has 0 spiro atoms. The first-order valence-corrected chi connectivity index (χ1v) is 6.82. The number of nitrogen functional groups attached to an aromatic ring is 1. The van der Waals surface area contributed by atoms with Crippen LogP contribution in [0.3, 0.4) is 0 Å². The van der Waals surface area contributed by atoms with E-state index in [0.29, 0.717) is 11.5 Å². The van der Waals surface area contributed by atoms with Gasteiger partial charge in [-0.25, -0.2) is 4.39 Å². The van der Waals surface area contributed by atoms with E-state index < -0.39 is 0 Å². The molecule has 1 aliphatic rings. The van der Waals surface area contributed by atoms with E-state index in [4.69, 9.17) is 11.1 Å². The molecule has 3 nitrogen and oxygen atoms in total. The molecule has 0 aliphatic carbocycles. The summed E-state index contributed by atoms with van der Waals surface area (Å²) in [5.41, 5.74) is 6.79. The Bertz CT molecular complexity index is 470. The van der Waals surface area contributed by atoms with Crippen LogP contribution in [0.15, 0.2) is 18.2 Å². The highest BCUT2D eigenvalue weighted by molar-refractivity contribution is 5.95. The number of amidine groups is 1. The molecule has 1 aromatic carbocycles. The lowest BCUT2D eigenvalue weighted by Gasteiger charge is -2.18. The van der Waals surface area contributed by atoms with Crippen molar-refractivity contribution in [2.24, 2.45) is 17.6 Å². The Morgan fingerprint density at radius 1 is 1.47 bits per heavy atom. The van der Waals surface area contributed by atoms with Crippen LogP contribution in [0.5, 0.6) is 0 Å². The Morgan fingerprint density at radius 2 is 2.21 bits per heavy atom. The Balaban J connectivity index is 2.06. The minimum atomic E-state index is -0.317. The SMILES string of the molecule is CC(C)C1CCN(Cc2cc(F)cc(C(=N)N)c2)C1. The number of hydrogen-bond acceptors (Lipinski definition) is 2. The summed E-state index contributed by atoms with van der Waals surface area (Å²) in [4.78, 5) is 2.35. The third-order valence-corrected chi connectivity index (χ3v) is 3.93. The molecular weight excluding hydrogens is 241 g/mol. The lowest BCUT2D eigenvalue weighted by molar-refractivity contribution is 0.296. The fourth-order valence-electron chi connectivity index (χ4n) is 2.71. The van der Waals surface area contributed by atoms with Crippen molar-refractivity contribution in [1.82, 2.24) is 4.90 Å². The summed E-state index contributed by atoms with van der Waals surface area (Å²) in [5, 5.41) is 7.40. The summed E-state index contributed by atoms with van der Waals surface area (Å²) in [6.45, 7) is 7.38. The topological polar surface area (TPSA) is 53.1 Å². The average molecular weight is 263 g/mol. The van der Waals surface area contributed by atoms with Crippen molar-refractivity contribution in [1.29, 1.82) is 5.41 Å². The first-order valence-electron chi connectivity index (χ1n) is 6.82. The lowest BCUT2D eigenvalue weighted by atomic mass is 9.95. The van der Waals surface area contributed by atoms with Gasteiger partial charge in [0.1, 0.15) is 11.7 Å². The number of nitrogens with two attached hydrogens (primary N) is 1. The summed E-state index contributed by atoms with van der Waals surface area (Å²) in [6.07, 6.45) is 1.21. The zero-order valence-electron chi connectivity index (χ0n) is 11.6. The van der Waals surface area contributed by atoms with Gasteiger partial charge in [0.05, 0.1) is 0 Å². The smallest absolute Gasteiger partial charge is 0.124 e. The van der Waals surface area contributed by atoms with Crippen LogP contribution in [0, 0.1) is 23.1 Å². The van der Waals surface area contributed by atoms with Gasteiger partial charge in [-0.15, -0.1) is 0 Å². The number of nitrogens with zero attached hydrogens (tertiary/aromatic N) is 1. The number of likely N-dealkylation sites (tertiary alicyclic amines) is 1. The molecule has 1 fully saturated rings. The van der Waals surface area contributed by atoms with Crippen LogP contribution in [0.2, 0.25) is 0 Å². The van der Waals surface area contributed by atoms with E-state index in [2.05, 4.69) is 18.7 Å². The summed E-state index contributed by atoms with van der Waals surface area (Å²) in [6, 6.07) is 4.66. The maximum Gasteiger partial charge on any atom is 0.124 e. The molecule has 0 amide bonds. The summed E-state index contributed by atoms with van der Waals surface area (Å²) >= 11 is 0. The van der Waals surface area contributed by atoms with E-state index in [1.165, 1.54) is 18.6 Å². The number of hydrogen-bond donors (Lipinski definition) is 2. The molecule has 3 N–H and O–H groups in total. The van der Waals surface area contributed by atoms with Gasteiger partial charge in [0, 0.05) is 18.7 Å². The van der Waals surface area contributed by atoms with Crippen molar-refractivity contribution in [2.75, 3.05) is 13.1 Å². The number of nitrogens with one attached hydrogen (secondary N) is 1. The van der Waals surface area contributed by atoms with Crippen LogP contribution in [-0.4, -0.2) is 23.8 Å². The van der Waals surface area contributed by atoms with Crippen molar-refractivity contribution in [2.45, 2.75) is 26.8 Å². The first-order chi connectivity index (χ1) is 8.95. The van der Waals surface area contributed by atoms with Crippen molar-refractivity contribution in [3.05, 3.63) is 35.1 Å². The highest BCUT2D eigenvalue weighted by Crippen LogP contribution is 2.25. The van der Waals surface area contributed by atoms with Gasteiger partial charge < -0.3 is 5.73 Å². The Morgan fingerprint density at radius 3 is 2.79 bits per heavy atom. The normalized spacial score (nSPS) is 20.1. The van der Waals surface area contributed by atoms with Gasteiger partial charge in [-0.3, -0.25) is 10.3 Å². The first kappa shape index (κ1) is 14.0. The number of benzene rings is 1. The second-order valence-corrected chi connectivity index (χ2v) is 5.79. The van der Waals surface area contributed by atoms with Crippen molar-refractivity contribution in [3.8, 4) is 0 Å². The molecule has 1 aromatic rings. The molecule has 0 bridgehead atoms. The van der Waals surface area contributed by atoms with Gasteiger partial charge in [0.2, 0.25) is 0 Å². The molecule has 0 aromatic heterocycles. The average Bonchev–Trinajstić information content (AvgIpc) is 2.76. The predicted molar refractivity (Wildman–Crippen MR) is 75.6 cm³/mol. The van der Waals surface area contributed by atoms with Gasteiger partial charge in [-0.05, 0) is 48.6 Å².